The maximum atomic E-state index is 12.9. The summed E-state index contributed by atoms with van der Waals surface area (Å²) in [4.78, 5) is 12.9. The predicted octanol–water partition coefficient (Wildman–Crippen LogP) is 5.58. The number of rotatable bonds is 6. The molecule has 2 aromatic carbocycles. The van der Waals surface area contributed by atoms with E-state index in [1.54, 1.807) is 6.07 Å². The second-order valence-corrected chi connectivity index (χ2v) is 6.53. The highest BCUT2D eigenvalue weighted by Gasteiger charge is 2.25. The third-order valence-corrected chi connectivity index (χ3v) is 5.36. The Morgan fingerprint density at radius 2 is 1.68 bits per heavy atom. The number of carbonyl (C=O) groups excluding carboxylic acids is 1. The van der Waals surface area contributed by atoms with Crippen molar-refractivity contribution in [3.8, 4) is 0 Å². The molecule has 0 aliphatic rings. The van der Waals surface area contributed by atoms with Gasteiger partial charge in [0, 0.05) is 11.1 Å². The van der Waals surface area contributed by atoms with Gasteiger partial charge >= 0.3 is 0 Å². The minimum atomic E-state index is -0.379. The van der Waals surface area contributed by atoms with Gasteiger partial charge < -0.3 is 0 Å². The van der Waals surface area contributed by atoms with Crippen molar-refractivity contribution < 1.29 is 9.36 Å². The molecule has 2 atom stereocenters. The summed E-state index contributed by atoms with van der Waals surface area (Å²) in [6.45, 7) is 3.86. The fourth-order valence-electron chi connectivity index (χ4n) is 2.48. The highest BCUT2D eigenvalue weighted by molar-refractivity contribution is 7.24. The molecule has 0 aliphatic carbocycles. The Labute approximate surface area is 137 Å². The van der Waals surface area contributed by atoms with Gasteiger partial charge in [-0.25, -0.2) is 0 Å². The van der Waals surface area contributed by atoms with Crippen molar-refractivity contribution >= 4 is 25.8 Å². The molecule has 2 rings (SSSR count). The normalized spacial score (nSPS) is 13.8. The summed E-state index contributed by atoms with van der Waals surface area (Å²) in [5.41, 5.74) is 2.53. The Morgan fingerprint density at radius 3 is 2.27 bits per heavy atom. The van der Waals surface area contributed by atoms with Crippen LogP contribution in [0.1, 0.15) is 46.1 Å². The standard InChI is InChI=1S/C18H18ClO2P/c1-3-16(19)18(22-21)15-11-7-6-10-14(15)17(20)13-9-5-4-8-12(13)2/h4-11,16,18H,3H2,1-2H3. The van der Waals surface area contributed by atoms with Gasteiger partial charge in [0.05, 0.1) is 11.0 Å². The zero-order valence-electron chi connectivity index (χ0n) is 12.6. The molecule has 0 aromatic heterocycles. The lowest BCUT2D eigenvalue weighted by molar-refractivity contribution is 0.103. The number of alkyl halides is 1. The van der Waals surface area contributed by atoms with Crippen LogP contribution in [0.15, 0.2) is 48.5 Å². The van der Waals surface area contributed by atoms with Gasteiger partial charge in [-0.15, -0.1) is 11.6 Å². The van der Waals surface area contributed by atoms with Crippen LogP contribution in [0.5, 0.6) is 0 Å². The quantitative estimate of drug-likeness (QED) is 0.393. The largest absolute Gasteiger partial charge is 0.289 e. The van der Waals surface area contributed by atoms with Crippen LogP contribution in [-0.4, -0.2) is 11.2 Å². The lowest BCUT2D eigenvalue weighted by atomic mass is 9.93. The lowest BCUT2D eigenvalue weighted by Gasteiger charge is -2.18. The minimum absolute atomic E-state index is 0.0534. The van der Waals surface area contributed by atoms with Crippen molar-refractivity contribution in [2.45, 2.75) is 31.3 Å². The molecule has 4 heteroatoms. The summed E-state index contributed by atoms with van der Waals surface area (Å²) >= 11 is 6.30. The molecule has 0 heterocycles. The molecule has 0 bridgehead atoms. The van der Waals surface area contributed by atoms with E-state index >= 15 is 0 Å². The topological polar surface area (TPSA) is 34.1 Å². The van der Waals surface area contributed by atoms with Crippen molar-refractivity contribution in [1.29, 1.82) is 0 Å². The van der Waals surface area contributed by atoms with Gasteiger partial charge in [-0.1, -0.05) is 55.5 Å². The molecule has 114 valence electrons. The zero-order chi connectivity index (χ0) is 16.1. The molecule has 0 amide bonds. The Balaban J connectivity index is 2.51. The van der Waals surface area contributed by atoms with Crippen LogP contribution in [0.25, 0.3) is 0 Å². The summed E-state index contributed by atoms with van der Waals surface area (Å²) in [7, 11) is -0.0621. The molecule has 0 fully saturated rings. The molecule has 0 N–H and O–H groups in total. The number of hydrogen-bond acceptors (Lipinski definition) is 2. The highest BCUT2D eigenvalue weighted by atomic mass is 35.5. The Morgan fingerprint density at radius 1 is 1.09 bits per heavy atom. The maximum Gasteiger partial charge on any atom is 0.193 e. The average Bonchev–Trinajstić information content (AvgIpc) is 2.55. The van der Waals surface area contributed by atoms with E-state index in [2.05, 4.69) is 0 Å². The first-order valence-electron chi connectivity index (χ1n) is 7.26. The number of benzene rings is 2. The summed E-state index contributed by atoms with van der Waals surface area (Å²) in [5, 5.41) is -0.273. The first-order chi connectivity index (χ1) is 10.6. The molecule has 0 spiro atoms. The smallest absolute Gasteiger partial charge is 0.193 e. The second-order valence-electron chi connectivity index (χ2n) is 5.21. The van der Waals surface area contributed by atoms with Crippen LogP contribution in [0.3, 0.4) is 0 Å². The third-order valence-electron chi connectivity index (χ3n) is 3.76. The Kier molecular flexibility index (Phi) is 5.88. The third kappa shape index (κ3) is 3.45. The van der Waals surface area contributed by atoms with Crippen LogP contribution in [0.4, 0.5) is 0 Å². The first kappa shape index (κ1) is 16.9. The molecule has 2 aromatic rings. The van der Waals surface area contributed by atoms with Crippen LogP contribution in [0.2, 0.25) is 0 Å². The van der Waals surface area contributed by atoms with E-state index in [9.17, 15) is 9.36 Å². The van der Waals surface area contributed by atoms with Gasteiger partial charge in [0.2, 0.25) is 0 Å². The SMILES string of the molecule is CCC(Cl)C(P=O)c1ccccc1C(=O)c1ccccc1C. The number of aryl methyl sites for hydroxylation is 1. The maximum absolute atomic E-state index is 12.9. The lowest BCUT2D eigenvalue weighted by Crippen LogP contribution is -2.13. The zero-order valence-corrected chi connectivity index (χ0v) is 14.3. The van der Waals surface area contributed by atoms with Crippen molar-refractivity contribution in [3.63, 3.8) is 0 Å². The molecule has 0 saturated heterocycles. The summed E-state index contributed by atoms with van der Waals surface area (Å²) in [6, 6.07) is 14.8. The molecule has 2 unspecified atom stereocenters. The van der Waals surface area contributed by atoms with Crippen LogP contribution in [0, 0.1) is 6.92 Å². The van der Waals surface area contributed by atoms with E-state index in [1.807, 2.05) is 56.3 Å². The second kappa shape index (κ2) is 7.67. The van der Waals surface area contributed by atoms with E-state index in [-0.39, 0.29) is 25.3 Å². The summed E-state index contributed by atoms with van der Waals surface area (Å²) in [5.74, 6) is -0.0534. The van der Waals surface area contributed by atoms with Crippen molar-refractivity contribution in [3.05, 3.63) is 70.8 Å². The average molecular weight is 333 g/mol. The molecule has 0 saturated carbocycles. The van der Waals surface area contributed by atoms with Crippen molar-refractivity contribution in [1.82, 2.24) is 0 Å². The van der Waals surface area contributed by atoms with Gasteiger partial charge in [-0.05, 0) is 24.5 Å². The van der Waals surface area contributed by atoms with Gasteiger partial charge in [0.1, 0.15) is 0 Å². The molecule has 0 radical (unpaired) electrons. The number of hydrogen-bond donors (Lipinski definition) is 0. The fraction of sp³-hybridized carbons (Fsp3) is 0.278. The van der Waals surface area contributed by atoms with E-state index in [0.29, 0.717) is 17.5 Å². The Bertz CT molecular complexity index is 684. The van der Waals surface area contributed by atoms with Crippen molar-refractivity contribution in [2.75, 3.05) is 0 Å². The molecule has 2 nitrogen and oxygen atoms in total. The van der Waals surface area contributed by atoms with Crippen LogP contribution < -0.4 is 0 Å². The summed E-state index contributed by atoms with van der Waals surface area (Å²) in [6.07, 6.45) is 0.689. The van der Waals surface area contributed by atoms with Crippen LogP contribution in [-0.2, 0) is 4.57 Å². The molecular weight excluding hydrogens is 315 g/mol. The van der Waals surface area contributed by atoms with Gasteiger partial charge in [-0.2, -0.15) is 0 Å². The predicted molar refractivity (Wildman–Crippen MR) is 91.3 cm³/mol. The van der Waals surface area contributed by atoms with Gasteiger partial charge in [0.25, 0.3) is 0 Å². The molecular formula is C18H18ClO2P. The van der Waals surface area contributed by atoms with Gasteiger partial charge in [0.15, 0.2) is 14.2 Å². The van der Waals surface area contributed by atoms with Crippen molar-refractivity contribution in [2.24, 2.45) is 0 Å². The van der Waals surface area contributed by atoms with Crippen LogP contribution >= 0.6 is 20.1 Å². The minimum Gasteiger partial charge on any atom is -0.289 e. The van der Waals surface area contributed by atoms with E-state index in [4.69, 9.17) is 11.6 Å². The first-order valence-corrected chi connectivity index (χ1v) is 8.57. The number of halogens is 1. The number of carbonyl (C=O) groups is 1. The van der Waals surface area contributed by atoms with E-state index in [1.165, 1.54) is 0 Å². The monoisotopic (exact) mass is 332 g/mol. The van der Waals surface area contributed by atoms with E-state index in [0.717, 1.165) is 11.1 Å². The Hall–Kier alpha value is -1.50. The summed E-state index contributed by atoms with van der Waals surface area (Å²) < 4.78 is 11.6. The number of ketones is 1. The molecule has 22 heavy (non-hydrogen) atoms. The highest BCUT2D eigenvalue weighted by Crippen LogP contribution is 2.37. The fourth-order valence-corrected chi connectivity index (χ4v) is 3.43. The van der Waals surface area contributed by atoms with E-state index < -0.39 is 0 Å². The van der Waals surface area contributed by atoms with Gasteiger partial charge in [-0.3, -0.25) is 9.36 Å². The molecule has 0 aliphatic heterocycles.